The van der Waals surface area contributed by atoms with E-state index in [1.807, 2.05) is 62.4 Å². The number of methoxy groups -OCH3 is 2. The number of esters is 2. The van der Waals surface area contributed by atoms with Crippen molar-refractivity contribution in [3.05, 3.63) is 70.8 Å². The molecule has 49 heavy (non-hydrogen) atoms. The highest BCUT2D eigenvalue weighted by Gasteiger charge is 2.35. The number of benzene rings is 2. The van der Waals surface area contributed by atoms with E-state index in [0.29, 0.717) is 19.6 Å². The minimum atomic E-state index is -0.495. The summed E-state index contributed by atoms with van der Waals surface area (Å²) in [5.74, 6) is -0.746. The number of hydrogen-bond donors (Lipinski definition) is 0. The molecule has 14 nitrogen and oxygen atoms in total. The maximum Gasteiger partial charge on any atom is 0.323 e. The van der Waals surface area contributed by atoms with Crippen molar-refractivity contribution in [2.45, 2.75) is 45.3 Å². The maximum absolute atomic E-state index is 12.8. The van der Waals surface area contributed by atoms with Crippen molar-refractivity contribution in [1.29, 1.82) is 0 Å². The molecule has 0 aliphatic carbocycles. The first-order valence-electron chi connectivity index (χ1n) is 16.5. The first-order chi connectivity index (χ1) is 23.7. The van der Waals surface area contributed by atoms with E-state index in [1.165, 1.54) is 33.8 Å². The highest BCUT2D eigenvalue weighted by molar-refractivity contribution is 5.77. The van der Waals surface area contributed by atoms with Crippen LogP contribution in [0.1, 0.15) is 36.1 Å². The van der Waals surface area contributed by atoms with E-state index < -0.39 is 12.2 Å². The van der Waals surface area contributed by atoms with Gasteiger partial charge in [0.05, 0.1) is 39.0 Å². The van der Waals surface area contributed by atoms with E-state index in [-0.39, 0.29) is 89.9 Å². The van der Waals surface area contributed by atoms with Crippen LogP contribution in [0.4, 0.5) is 9.59 Å². The SMILES string of the molecule is CCOCN1CC(OC(=O)Cc2ccc(Cc3ccc(CC(=O)OC4CN(COC)C(=O)N(COCC)C4)cc3)cc2)CN(COC)C1=O. The summed E-state index contributed by atoms with van der Waals surface area (Å²) in [7, 11) is 3.02. The van der Waals surface area contributed by atoms with Gasteiger partial charge in [0.15, 0.2) is 0 Å². The lowest BCUT2D eigenvalue weighted by atomic mass is 10.0. The van der Waals surface area contributed by atoms with Crippen molar-refractivity contribution in [1.82, 2.24) is 19.6 Å². The Bertz CT molecular complexity index is 1270. The van der Waals surface area contributed by atoms with E-state index >= 15 is 0 Å². The van der Waals surface area contributed by atoms with Crippen molar-refractivity contribution in [3.63, 3.8) is 0 Å². The molecule has 0 saturated carbocycles. The van der Waals surface area contributed by atoms with Crippen LogP contribution in [0.5, 0.6) is 0 Å². The fourth-order valence-electron chi connectivity index (χ4n) is 5.68. The van der Waals surface area contributed by atoms with Crippen LogP contribution in [0.25, 0.3) is 0 Å². The van der Waals surface area contributed by atoms with Gasteiger partial charge < -0.3 is 28.4 Å². The van der Waals surface area contributed by atoms with Gasteiger partial charge in [-0.15, -0.1) is 0 Å². The third-order valence-corrected chi connectivity index (χ3v) is 8.00. The Labute approximate surface area is 287 Å². The smallest absolute Gasteiger partial charge is 0.323 e. The average molecular weight is 685 g/mol. The zero-order valence-electron chi connectivity index (χ0n) is 28.8. The number of carbonyl (C=O) groups is 4. The Morgan fingerprint density at radius 1 is 0.571 bits per heavy atom. The second-order valence-electron chi connectivity index (χ2n) is 11.9. The van der Waals surface area contributed by atoms with E-state index in [4.69, 9.17) is 28.4 Å². The first kappa shape index (κ1) is 37.6. The molecule has 0 spiro atoms. The lowest BCUT2D eigenvalue weighted by molar-refractivity contribution is -0.153. The van der Waals surface area contributed by atoms with Crippen LogP contribution in [0.3, 0.4) is 0 Å². The summed E-state index contributed by atoms with van der Waals surface area (Å²) < 4.78 is 32.5. The molecule has 14 heteroatoms. The topological polar surface area (TPSA) is 137 Å². The lowest BCUT2D eigenvalue weighted by Crippen LogP contribution is -2.57. The standard InChI is InChI=1S/C35H48N4O10/c1-5-46-24-38-20-30(18-36(22-44-3)34(38)42)48-32(40)16-28-11-7-26(8-12-28)15-27-9-13-29(14-10-27)17-33(41)49-31-19-37(23-45-4)35(43)39(21-31)25-47-6-2/h7-14,30-31H,5-6,15-25H2,1-4H3. The Kier molecular flexibility index (Phi) is 14.6. The van der Waals surface area contributed by atoms with Gasteiger partial charge in [0.2, 0.25) is 0 Å². The molecule has 268 valence electrons. The summed E-state index contributed by atoms with van der Waals surface area (Å²) in [4.78, 5) is 56.8. The van der Waals surface area contributed by atoms with Gasteiger partial charge in [0, 0.05) is 27.4 Å². The van der Waals surface area contributed by atoms with Crippen molar-refractivity contribution >= 4 is 24.0 Å². The minimum Gasteiger partial charge on any atom is -0.458 e. The monoisotopic (exact) mass is 684 g/mol. The molecule has 2 atom stereocenters. The third-order valence-electron chi connectivity index (χ3n) is 8.00. The maximum atomic E-state index is 12.8. The predicted octanol–water partition coefficient (Wildman–Crippen LogP) is 2.86. The highest BCUT2D eigenvalue weighted by atomic mass is 16.6. The number of ether oxygens (including phenoxy) is 6. The van der Waals surface area contributed by atoms with Crippen molar-refractivity contribution < 1.29 is 47.6 Å². The lowest BCUT2D eigenvalue weighted by Gasteiger charge is -2.38. The Hall–Kier alpha value is -4.24. The molecule has 0 bridgehead atoms. The zero-order valence-corrected chi connectivity index (χ0v) is 28.8. The van der Waals surface area contributed by atoms with Crippen LogP contribution in [-0.2, 0) is 57.3 Å². The van der Waals surface area contributed by atoms with Gasteiger partial charge in [-0.2, -0.15) is 0 Å². The van der Waals surface area contributed by atoms with Gasteiger partial charge in [-0.3, -0.25) is 29.2 Å². The molecule has 2 aromatic rings. The molecule has 2 heterocycles. The van der Waals surface area contributed by atoms with Crippen molar-refractivity contribution in [3.8, 4) is 0 Å². The second-order valence-corrected chi connectivity index (χ2v) is 11.9. The molecule has 2 unspecified atom stereocenters. The molecule has 0 radical (unpaired) electrons. The van der Waals surface area contributed by atoms with Crippen LogP contribution in [0, 0.1) is 0 Å². The van der Waals surface area contributed by atoms with Crippen LogP contribution < -0.4 is 0 Å². The number of hydrogen-bond acceptors (Lipinski definition) is 10. The van der Waals surface area contributed by atoms with Gasteiger partial charge >= 0.3 is 24.0 Å². The summed E-state index contributed by atoms with van der Waals surface area (Å²) in [6.45, 7) is 6.09. The Morgan fingerprint density at radius 3 is 1.22 bits per heavy atom. The fraction of sp³-hybridized carbons (Fsp3) is 0.543. The number of urea groups is 2. The van der Waals surface area contributed by atoms with E-state index in [0.717, 1.165) is 22.3 Å². The van der Waals surface area contributed by atoms with Gasteiger partial charge in [-0.25, -0.2) is 9.59 Å². The highest BCUT2D eigenvalue weighted by Crippen LogP contribution is 2.17. The number of carbonyl (C=O) groups excluding carboxylic acids is 4. The molecule has 2 aliphatic rings. The van der Waals surface area contributed by atoms with Crippen LogP contribution in [0.2, 0.25) is 0 Å². The molecular weight excluding hydrogens is 636 g/mol. The van der Waals surface area contributed by atoms with Crippen molar-refractivity contribution in [2.24, 2.45) is 0 Å². The van der Waals surface area contributed by atoms with Gasteiger partial charge in [0.25, 0.3) is 0 Å². The van der Waals surface area contributed by atoms with Crippen LogP contribution >= 0.6 is 0 Å². The van der Waals surface area contributed by atoms with Gasteiger partial charge in [0.1, 0.15) is 39.1 Å². The second kappa shape index (κ2) is 19.1. The largest absolute Gasteiger partial charge is 0.458 e. The fourth-order valence-corrected chi connectivity index (χ4v) is 5.68. The molecular formula is C35H48N4O10. The first-order valence-corrected chi connectivity index (χ1v) is 16.5. The summed E-state index contributed by atoms with van der Waals surface area (Å²) >= 11 is 0. The molecule has 0 N–H and O–H groups in total. The van der Waals surface area contributed by atoms with Crippen LogP contribution in [0.15, 0.2) is 48.5 Å². The molecule has 0 aromatic heterocycles. The molecule has 2 saturated heterocycles. The average Bonchev–Trinajstić information content (AvgIpc) is 3.08. The number of amides is 4. The van der Waals surface area contributed by atoms with Gasteiger partial charge in [-0.1, -0.05) is 48.5 Å². The van der Waals surface area contributed by atoms with E-state index in [9.17, 15) is 19.2 Å². The van der Waals surface area contributed by atoms with E-state index in [2.05, 4.69) is 0 Å². The molecule has 2 fully saturated rings. The Morgan fingerprint density at radius 2 is 0.898 bits per heavy atom. The zero-order chi connectivity index (χ0) is 35.2. The van der Waals surface area contributed by atoms with E-state index in [1.54, 1.807) is 0 Å². The number of nitrogens with zero attached hydrogens (tertiary/aromatic N) is 4. The molecule has 4 rings (SSSR count). The third kappa shape index (κ3) is 11.4. The quantitative estimate of drug-likeness (QED) is 0.216. The normalized spacial score (nSPS) is 18.2. The summed E-state index contributed by atoms with van der Waals surface area (Å²) in [6.07, 6.45) is -0.0953. The summed E-state index contributed by atoms with van der Waals surface area (Å²) in [5.41, 5.74) is 3.79. The molecule has 4 amide bonds. The Balaban J connectivity index is 1.24. The number of rotatable bonds is 18. The molecule has 2 aliphatic heterocycles. The minimum absolute atomic E-state index is 0.0973. The molecule has 2 aromatic carbocycles. The van der Waals surface area contributed by atoms with Crippen molar-refractivity contribution in [2.75, 3.05) is 80.5 Å². The summed E-state index contributed by atoms with van der Waals surface area (Å²) in [5, 5.41) is 0. The van der Waals surface area contributed by atoms with Crippen LogP contribution in [-0.4, -0.2) is 136 Å². The van der Waals surface area contributed by atoms with Gasteiger partial charge in [-0.05, 0) is 42.5 Å². The summed E-state index contributed by atoms with van der Waals surface area (Å²) in [6, 6.07) is 15.1. The predicted molar refractivity (Wildman–Crippen MR) is 177 cm³/mol.